The van der Waals surface area contributed by atoms with Crippen molar-refractivity contribution in [2.24, 2.45) is 16.2 Å². The van der Waals surface area contributed by atoms with Crippen LogP contribution in [0.5, 0.6) is 0 Å². The van der Waals surface area contributed by atoms with E-state index in [0.29, 0.717) is 6.42 Å². The van der Waals surface area contributed by atoms with E-state index in [9.17, 15) is 19.8 Å². The van der Waals surface area contributed by atoms with E-state index >= 15 is 0 Å². The summed E-state index contributed by atoms with van der Waals surface area (Å²) in [4.78, 5) is 24.3. The summed E-state index contributed by atoms with van der Waals surface area (Å²) in [6, 6.07) is 0. The third-order valence-corrected chi connectivity index (χ3v) is 6.16. The molecule has 0 aromatic heterocycles. The van der Waals surface area contributed by atoms with Crippen LogP contribution in [0, 0.1) is 16.2 Å². The van der Waals surface area contributed by atoms with Crippen LogP contribution >= 0.6 is 0 Å². The largest absolute Gasteiger partial charge is 0.462 e. The lowest BCUT2D eigenvalue weighted by Crippen LogP contribution is -2.64. The number of aliphatic hydroxyl groups is 2. The quantitative estimate of drug-likeness (QED) is 0.552. The zero-order chi connectivity index (χ0) is 19.4. The molecular weight excluding hydrogens is 336 g/mol. The number of aliphatic hydroxyl groups excluding tert-OH is 1. The molecule has 6 heteroatoms. The molecule has 0 spiro atoms. The molecule has 3 atom stereocenters. The molecule has 26 heavy (non-hydrogen) atoms. The SMILES string of the molecule is C=C(C)C(=O)OCC(O)COC(=O)C12CC3(C)CC(C)(CC(O)(C3)C1)C2. The Hall–Kier alpha value is -1.40. The predicted octanol–water partition coefficient (Wildman–Crippen LogP) is 2.12. The molecule has 0 aromatic rings. The molecule has 2 N–H and O–H groups in total. The Kier molecular flexibility index (Phi) is 4.51. The molecule has 0 aliphatic heterocycles. The zero-order valence-corrected chi connectivity index (χ0v) is 16.0. The first-order valence-corrected chi connectivity index (χ1v) is 9.29. The van der Waals surface area contributed by atoms with Crippen molar-refractivity contribution >= 4 is 11.9 Å². The normalized spacial score (nSPS) is 41.6. The molecule has 0 radical (unpaired) electrons. The topological polar surface area (TPSA) is 93.1 Å². The van der Waals surface area contributed by atoms with Gasteiger partial charge in [-0.2, -0.15) is 0 Å². The van der Waals surface area contributed by atoms with E-state index in [-0.39, 0.29) is 35.6 Å². The molecule has 4 fully saturated rings. The molecule has 6 nitrogen and oxygen atoms in total. The minimum atomic E-state index is -1.08. The van der Waals surface area contributed by atoms with Crippen molar-refractivity contribution in [2.45, 2.75) is 71.0 Å². The molecular formula is C20H30O6. The van der Waals surface area contributed by atoms with E-state index in [4.69, 9.17) is 9.47 Å². The Balaban J connectivity index is 1.61. The van der Waals surface area contributed by atoms with Gasteiger partial charge in [0.05, 0.1) is 11.0 Å². The number of ether oxygens (including phenoxy) is 2. The molecule has 4 saturated carbocycles. The average Bonchev–Trinajstić information content (AvgIpc) is 2.45. The standard InChI is InChI=1S/C20H30O6/c1-13(2)15(22)25-5-14(21)6-26-16(23)19-8-17(3)7-18(4,9-19)11-20(24,10-17)12-19/h14,21,24H,1,5-12H2,2-4H3. The first-order valence-electron chi connectivity index (χ1n) is 9.29. The summed E-state index contributed by atoms with van der Waals surface area (Å²) >= 11 is 0. The highest BCUT2D eigenvalue weighted by Crippen LogP contribution is 2.70. The fraction of sp³-hybridized carbons (Fsp3) is 0.800. The van der Waals surface area contributed by atoms with Gasteiger partial charge in [-0.3, -0.25) is 4.79 Å². The van der Waals surface area contributed by atoms with Gasteiger partial charge in [0.25, 0.3) is 0 Å². The van der Waals surface area contributed by atoms with Crippen LogP contribution in [-0.2, 0) is 19.1 Å². The van der Waals surface area contributed by atoms with Crippen LogP contribution in [0.25, 0.3) is 0 Å². The van der Waals surface area contributed by atoms with E-state index < -0.39 is 23.1 Å². The second-order valence-corrected chi connectivity index (χ2v) is 9.82. The lowest BCUT2D eigenvalue weighted by Gasteiger charge is -2.66. The Labute approximate surface area is 154 Å². The van der Waals surface area contributed by atoms with Gasteiger partial charge in [-0.25, -0.2) is 4.79 Å². The van der Waals surface area contributed by atoms with Crippen LogP contribution in [0.2, 0.25) is 0 Å². The number of esters is 2. The van der Waals surface area contributed by atoms with Gasteiger partial charge in [0.2, 0.25) is 0 Å². The average molecular weight is 366 g/mol. The minimum absolute atomic E-state index is 0.0487. The van der Waals surface area contributed by atoms with Crippen LogP contribution in [0.3, 0.4) is 0 Å². The monoisotopic (exact) mass is 366 g/mol. The smallest absolute Gasteiger partial charge is 0.333 e. The summed E-state index contributed by atoms with van der Waals surface area (Å²) in [5.74, 6) is -0.933. The maximum Gasteiger partial charge on any atom is 0.333 e. The van der Waals surface area contributed by atoms with E-state index in [0.717, 1.165) is 32.1 Å². The van der Waals surface area contributed by atoms with Gasteiger partial charge >= 0.3 is 11.9 Å². The Bertz CT molecular complexity index is 585. The fourth-order valence-electron chi connectivity index (χ4n) is 6.52. The number of hydrogen-bond donors (Lipinski definition) is 2. The zero-order valence-electron chi connectivity index (χ0n) is 16.0. The Morgan fingerprint density at radius 2 is 1.54 bits per heavy atom. The highest BCUT2D eigenvalue weighted by atomic mass is 16.6. The van der Waals surface area contributed by atoms with Gasteiger partial charge < -0.3 is 19.7 Å². The van der Waals surface area contributed by atoms with Gasteiger partial charge in [0.15, 0.2) is 0 Å². The van der Waals surface area contributed by atoms with Crippen LogP contribution in [0.4, 0.5) is 0 Å². The summed E-state index contributed by atoms with van der Waals surface area (Å²) in [7, 11) is 0. The number of carbonyl (C=O) groups is 2. The summed E-state index contributed by atoms with van der Waals surface area (Å²) in [6.07, 6.45) is 3.30. The van der Waals surface area contributed by atoms with Crippen LogP contribution < -0.4 is 0 Å². The van der Waals surface area contributed by atoms with Crippen molar-refractivity contribution in [3.63, 3.8) is 0 Å². The molecule has 4 aliphatic carbocycles. The molecule has 4 aliphatic rings. The third kappa shape index (κ3) is 3.54. The molecule has 0 heterocycles. The first kappa shape index (κ1) is 19.4. The van der Waals surface area contributed by atoms with Crippen molar-refractivity contribution in [1.82, 2.24) is 0 Å². The van der Waals surface area contributed by atoms with Crippen molar-refractivity contribution in [2.75, 3.05) is 13.2 Å². The van der Waals surface area contributed by atoms with Gasteiger partial charge in [-0.15, -0.1) is 0 Å². The lowest BCUT2D eigenvalue weighted by atomic mass is 9.39. The second kappa shape index (κ2) is 6.06. The van der Waals surface area contributed by atoms with Crippen molar-refractivity contribution in [3.8, 4) is 0 Å². The van der Waals surface area contributed by atoms with Gasteiger partial charge in [-0.05, 0) is 56.3 Å². The molecule has 146 valence electrons. The summed E-state index contributed by atoms with van der Waals surface area (Å²) in [5, 5.41) is 20.9. The molecule has 4 rings (SSSR count). The summed E-state index contributed by atoms with van der Waals surface area (Å²) in [6.45, 7) is 8.83. The van der Waals surface area contributed by atoms with E-state index in [1.165, 1.54) is 6.92 Å². The fourth-order valence-corrected chi connectivity index (χ4v) is 6.52. The van der Waals surface area contributed by atoms with E-state index in [1.807, 2.05) is 0 Å². The van der Waals surface area contributed by atoms with Crippen LogP contribution in [0.15, 0.2) is 12.2 Å². The van der Waals surface area contributed by atoms with Crippen molar-refractivity contribution in [3.05, 3.63) is 12.2 Å². The van der Waals surface area contributed by atoms with Crippen LogP contribution in [0.1, 0.15) is 59.3 Å². The predicted molar refractivity (Wildman–Crippen MR) is 94.0 cm³/mol. The molecule has 0 aromatic carbocycles. The van der Waals surface area contributed by atoms with Gasteiger partial charge in [0, 0.05) is 5.57 Å². The third-order valence-electron chi connectivity index (χ3n) is 6.16. The molecule has 0 saturated heterocycles. The van der Waals surface area contributed by atoms with E-state index in [1.54, 1.807) is 0 Å². The highest BCUT2D eigenvalue weighted by molar-refractivity contribution is 5.86. The maximum absolute atomic E-state index is 12.9. The Morgan fingerprint density at radius 1 is 1.00 bits per heavy atom. The first-order chi connectivity index (χ1) is 11.9. The summed E-state index contributed by atoms with van der Waals surface area (Å²) < 4.78 is 10.3. The highest BCUT2D eigenvalue weighted by Gasteiger charge is 2.68. The van der Waals surface area contributed by atoms with E-state index in [2.05, 4.69) is 20.4 Å². The van der Waals surface area contributed by atoms with Crippen molar-refractivity contribution < 1.29 is 29.3 Å². The lowest BCUT2D eigenvalue weighted by molar-refractivity contribution is -0.235. The number of carbonyl (C=O) groups excluding carboxylic acids is 2. The van der Waals surface area contributed by atoms with Gasteiger partial charge in [0.1, 0.15) is 19.3 Å². The van der Waals surface area contributed by atoms with Crippen molar-refractivity contribution in [1.29, 1.82) is 0 Å². The maximum atomic E-state index is 12.9. The number of hydrogen-bond acceptors (Lipinski definition) is 6. The number of rotatable bonds is 6. The molecule has 4 bridgehead atoms. The van der Waals surface area contributed by atoms with Gasteiger partial charge in [-0.1, -0.05) is 20.4 Å². The molecule has 0 amide bonds. The molecule has 3 unspecified atom stereocenters. The second-order valence-electron chi connectivity index (χ2n) is 9.82. The Morgan fingerprint density at radius 3 is 2.04 bits per heavy atom. The minimum Gasteiger partial charge on any atom is -0.462 e. The summed E-state index contributed by atoms with van der Waals surface area (Å²) in [5.41, 5.74) is -1.33. The van der Waals surface area contributed by atoms with Crippen LogP contribution in [-0.4, -0.2) is 47.1 Å².